The van der Waals surface area contributed by atoms with Crippen LogP contribution in [-0.2, 0) is 11.3 Å². The first-order valence-corrected chi connectivity index (χ1v) is 9.83. The van der Waals surface area contributed by atoms with Crippen molar-refractivity contribution in [3.63, 3.8) is 0 Å². The Morgan fingerprint density at radius 2 is 1.86 bits per heavy atom. The predicted octanol–water partition coefficient (Wildman–Crippen LogP) is 4.23. The average molecular weight is 399 g/mol. The minimum absolute atomic E-state index is 0.339. The van der Waals surface area contributed by atoms with Crippen LogP contribution >= 0.6 is 11.8 Å². The molecule has 1 aromatic heterocycles. The number of thioether (sulfide) groups is 1. The minimum atomic E-state index is -0.353. The third kappa shape index (κ3) is 4.48. The number of nitrogens with one attached hydrogen (secondary N) is 1. The van der Waals surface area contributed by atoms with Gasteiger partial charge in [0.25, 0.3) is 11.1 Å². The molecule has 2 amide bonds. The van der Waals surface area contributed by atoms with Gasteiger partial charge in [-0.2, -0.15) is 0 Å². The van der Waals surface area contributed by atoms with Crippen molar-refractivity contribution in [1.82, 2.24) is 14.9 Å². The van der Waals surface area contributed by atoms with Gasteiger partial charge in [-0.25, -0.2) is 4.98 Å². The Kier molecular flexibility index (Phi) is 5.32. The lowest BCUT2D eigenvalue weighted by molar-refractivity contribution is -0.115. The van der Waals surface area contributed by atoms with E-state index in [1.165, 1.54) is 0 Å². The van der Waals surface area contributed by atoms with E-state index >= 15 is 0 Å². The van der Waals surface area contributed by atoms with Crippen LogP contribution in [-0.4, -0.2) is 20.7 Å². The molecule has 0 aliphatic carbocycles. The summed E-state index contributed by atoms with van der Waals surface area (Å²) in [6.45, 7) is 2.51. The Bertz CT molecular complexity index is 1170. The predicted molar refractivity (Wildman–Crippen MR) is 115 cm³/mol. The van der Waals surface area contributed by atoms with Crippen LogP contribution in [0.4, 0.5) is 4.79 Å². The fourth-order valence-corrected chi connectivity index (χ4v) is 3.63. The first-order valence-electron chi connectivity index (χ1n) is 9.01. The van der Waals surface area contributed by atoms with Crippen molar-refractivity contribution >= 4 is 29.0 Å². The summed E-state index contributed by atoms with van der Waals surface area (Å²) in [6, 6.07) is 17.6. The summed E-state index contributed by atoms with van der Waals surface area (Å²) in [4.78, 5) is 27.8. The van der Waals surface area contributed by atoms with Crippen LogP contribution in [0.25, 0.3) is 17.5 Å². The number of benzene rings is 2. The van der Waals surface area contributed by atoms with Crippen molar-refractivity contribution in [2.45, 2.75) is 13.5 Å². The number of imidazole rings is 1. The van der Waals surface area contributed by atoms with Crippen LogP contribution in [0.5, 0.6) is 0 Å². The van der Waals surface area contributed by atoms with Gasteiger partial charge in [0.1, 0.15) is 5.82 Å². The number of carbonyl (C=O) groups is 2. The molecule has 1 fully saturated rings. The molecule has 1 aliphatic rings. The van der Waals surface area contributed by atoms with Crippen LogP contribution in [0, 0.1) is 18.8 Å². The number of aromatic nitrogens is 2. The van der Waals surface area contributed by atoms with Crippen LogP contribution in [0.3, 0.4) is 0 Å². The molecule has 1 N–H and O–H groups in total. The van der Waals surface area contributed by atoms with E-state index < -0.39 is 0 Å². The smallest absolute Gasteiger partial charge is 0.290 e. The molecule has 0 bridgehead atoms. The minimum Gasteiger partial charge on any atom is -0.319 e. The largest absolute Gasteiger partial charge is 0.319 e. The number of carbonyl (C=O) groups excluding carboxylic acids is 2. The highest BCUT2D eigenvalue weighted by Gasteiger charge is 2.24. The standard InChI is InChI=1S/C23H17N3O2S/c1-16-15-26(21(24-16)19-7-3-2-4-8-19)13-5-6-17-9-11-18(12-10-17)14-20-22(27)25-23(28)29-20/h2-4,7-12,14-15H,13H2,1H3,(H,25,27,28)/b20-14+. The van der Waals surface area contributed by atoms with E-state index in [2.05, 4.69) is 22.1 Å². The quantitative estimate of drug-likeness (QED) is 0.529. The maximum atomic E-state index is 11.6. The van der Waals surface area contributed by atoms with Gasteiger partial charge in [0.15, 0.2) is 0 Å². The molecule has 0 spiro atoms. The second-order valence-corrected chi connectivity index (χ2v) is 7.49. The lowest BCUT2D eigenvalue weighted by Gasteiger charge is -2.03. The molecular formula is C23H17N3O2S. The zero-order valence-corrected chi connectivity index (χ0v) is 16.5. The summed E-state index contributed by atoms with van der Waals surface area (Å²) in [5.74, 6) is 6.90. The Hall–Kier alpha value is -3.56. The van der Waals surface area contributed by atoms with Crippen molar-refractivity contribution in [3.8, 4) is 23.2 Å². The van der Waals surface area contributed by atoms with Crippen molar-refractivity contribution in [1.29, 1.82) is 0 Å². The third-order valence-corrected chi connectivity index (χ3v) is 5.07. The Morgan fingerprint density at radius 3 is 2.55 bits per heavy atom. The highest BCUT2D eigenvalue weighted by molar-refractivity contribution is 8.18. The van der Waals surface area contributed by atoms with E-state index in [0.717, 1.165) is 40.0 Å². The number of amides is 2. The number of hydrogen-bond donors (Lipinski definition) is 1. The molecule has 142 valence electrons. The normalized spacial score (nSPS) is 14.6. The van der Waals surface area contributed by atoms with Crippen LogP contribution in [0.1, 0.15) is 16.8 Å². The summed E-state index contributed by atoms with van der Waals surface area (Å²) >= 11 is 0.911. The molecule has 2 aromatic carbocycles. The number of rotatable bonds is 3. The SMILES string of the molecule is Cc1cn(CC#Cc2ccc(/C=C3/SC(=O)NC3=O)cc2)c(-c2ccccc2)n1. The van der Waals surface area contributed by atoms with E-state index in [1.54, 1.807) is 6.08 Å². The molecule has 0 saturated carbocycles. The molecule has 0 unspecified atom stereocenters. The van der Waals surface area contributed by atoms with Crippen LogP contribution in [0.2, 0.25) is 0 Å². The third-order valence-electron chi connectivity index (χ3n) is 4.26. The zero-order valence-electron chi connectivity index (χ0n) is 15.7. The van der Waals surface area contributed by atoms with Gasteiger partial charge in [-0.15, -0.1) is 0 Å². The Morgan fingerprint density at radius 1 is 1.10 bits per heavy atom. The summed E-state index contributed by atoms with van der Waals surface area (Å²) in [7, 11) is 0. The topological polar surface area (TPSA) is 64.0 Å². The molecule has 5 nitrogen and oxygen atoms in total. The Balaban J connectivity index is 1.48. The maximum absolute atomic E-state index is 11.6. The molecule has 1 saturated heterocycles. The number of aryl methyl sites for hydroxylation is 1. The molecule has 4 rings (SSSR count). The molecule has 0 atom stereocenters. The lowest BCUT2D eigenvalue weighted by Crippen LogP contribution is -2.17. The van der Waals surface area contributed by atoms with Gasteiger partial charge < -0.3 is 4.57 Å². The molecular weight excluding hydrogens is 382 g/mol. The van der Waals surface area contributed by atoms with Gasteiger partial charge in [-0.3, -0.25) is 14.9 Å². The summed E-state index contributed by atoms with van der Waals surface area (Å²) in [5.41, 5.74) is 3.74. The highest BCUT2D eigenvalue weighted by Crippen LogP contribution is 2.25. The second-order valence-electron chi connectivity index (χ2n) is 6.48. The fraction of sp³-hybridized carbons (Fsp3) is 0.0870. The van der Waals surface area contributed by atoms with Gasteiger partial charge in [-0.1, -0.05) is 54.3 Å². The average Bonchev–Trinajstić information content (AvgIpc) is 3.25. The fourth-order valence-electron chi connectivity index (χ4n) is 2.95. The number of hydrogen-bond acceptors (Lipinski definition) is 4. The molecule has 29 heavy (non-hydrogen) atoms. The van der Waals surface area contributed by atoms with E-state index in [-0.39, 0.29) is 11.1 Å². The lowest BCUT2D eigenvalue weighted by atomic mass is 10.1. The molecule has 3 aromatic rings. The second kappa shape index (κ2) is 8.21. The molecule has 6 heteroatoms. The highest BCUT2D eigenvalue weighted by atomic mass is 32.2. The van der Waals surface area contributed by atoms with Crippen molar-refractivity contribution < 1.29 is 9.59 Å². The van der Waals surface area contributed by atoms with E-state index in [0.29, 0.717) is 11.4 Å². The monoisotopic (exact) mass is 399 g/mol. The Labute approximate surface area is 172 Å². The summed E-state index contributed by atoms with van der Waals surface area (Å²) in [6.07, 6.45) is 3.69. The van der Waals surface area contributed by atoms with E-state index in [1.807, 2.05) is 72.3 Å². The van der Waals surface area contributed by atoms with E-state index in [9.17, 15) is 9.59 Å². The van der Waals surface area contributed by atoms with Gasteiger partial charge in [0, 0.05) is 17.3 Å². The van der Waals surface area contributed by atoms with Crippen LogP contribution in [0.15, 0.2) is 65.7 Å². The van der Waals surface area contributed by atoms with E-state index in [4.69, 9.17) is 0 Å². The van der Waals surface area contributed by atoms with Gasteiger partial charge in [0.05, 0.1) is 17.1 Å². The van der Waals surface area contributed by atoms with Crippen LogP contribution < -0.4 is 5.32 Å². The van der Waals surface area contributed by atoms with Crippen molar-refractivity contribution in [3.05, 3.63) is 82.5 Å². The first kappa shape index (κ1) is 18.8. The zero-order chi connectivity index (χ0) is 20.2. The number of nitrogens with zero attached hydrogens (tertiary/aromatic N) is 2. The first-order chi connectivity index (χ1) is 14.1. The molecule has 0 radical (unpaired) electrons. The maximum Gasteiger partial charge on any atom is 0.290 e. The summed E-state index contributed by atoms with van der Waals surface area (Å²) in [5, 5.41) is 1.91. The summed E-state index contributed by atoms with van der Waals surface area (Å²) < 4.78 is 2.05. The van der Waals surface area contributed by atoms with Gasteiger partial charge >= 0.3 is 0 Å². The van der Waals surface area contributed by atoms with Crippen molar-refractivity contribution in [2.75, 3.05) is 0 Å². The van der Waals surface area contributed by atoms with Gasteiger partial charge in [0.2, 0.25) is 0 Å². The number of imide groups is 1. The van der Waals surface area contributed by atoms with Gasteiger partial charge in [-0.05, 0) is 42.5 Å². The van der Waals surface area contributed by atoms with Crippen molar-refractivity contribution in [2.24, 2.45) is 0 Å². The molecule has 1 aliphatic heterocycles. The molecule has 2 heterocycles.